The number of aliphatic hydroxyl groups is 2. The highest BCUT2D eigenvalue weighted by Gasteiger charge is 2.12. The number of rotatable bonds is 12. The minimum atomic E-state index is -1.02. The molecule has 2 amide bonds. The summed E-state index contributed by atoms with van der Waals surface area (Å²) in [4.78, 5) is 23.8. The van der Waals surface area contributed by atoms with E-state index in [9.17, 15) is 9.59 Å². The summed E-state index contributed by atoms with van der Waals surface area (Å²) in [7, 11) is 2.94. The van der Waals surface area contributed by atoms with Crippen LogP contribution in [-0.4, -0.2) is 75.1 Å². The Balaban J connectivity index is 1.90. The highest BCUT2D eigenvalue weighted by atomic mass is 16.5. The summed E-state index contributed by atoms with van der Waals surface area (Å²) in [5.74, 6) is -0.326. The van der Waals surface area contributed by atoms with E-state index in [0.717, 1.165) is 0 Å². The standard InChI is InChI=1S/C22H26N4O8/c1-31-17-5-3-16(12-20(17)34-10-8-28)14-24-26-22(30)21(29)25-23-13-15-4-6-18(33-9-7-27)19(11-15)32-2/h3-6,11-14,27-28H,7-10H2,1-2H3,(H,25,29)(H,26,30)/b23-13+,24-14+. The van der Waals surface area contributed by atoms with Crippen LogP contribution < -0.4 is 29.8 Å². The maximum absolute atomic E-state index is 11.9. The van der Waals surface area contributed by atoms with E-state index >= 15 is 0 Å². The maximum Gasteiger partial charge on any atom is 0.331 e. The Morgan fingerprint density at radius 1 is 0.765 bits per heavy atom. The Morgan fingerprint density at radius 2 is 1.24 bits per heavy atom. The van der Waals surface area contributed by atoms with Crippen molar-refractivity contribution in [1.82, 2.24) is 10.9 Å². The van der Waals surface area contributed by atoms with Crippen molar-refractivity contribution in [3.8, 4) is 23.0 Å². The van der Waals surface area contributed by atoms with Crippen LogP contribution in [0.15, 0.2) is 46.6 Å². The summed E-state index contributed by atoms with van der Waals surface area (Å²) in [6, 6.07) is 9.79. The Bertz CT molecular complexity index is 1030. The molecule has 2 aromatic carbocycles. The van der Waals surface area contributed by atoms with E-state index in [1.807, 2.05) is 0 Å². The quantitative estimate of drug-likeness (QED) is 0.191. The fraction of sp³-hybridized carbons (Fsp3) is 0.273. The van der Waals surface area contributed by atoms with Crippen molar-refractivity contribution in [2.45, 2.75) is 0 Å². The molecule has 182 valence electrons. The van der Waals surface area contributed by atoms with Crippen LogP contribution in [0.2, 0.25) is 0 Å². The summed E-state index contributed by atoms with van der Waals surface area (Å²) in [6.45, 7) is -0.0882. The Labute approximate surface area is 195 Å². The highest BCUT2D eigenvalue weighted by molar-refractivity contribution is 6.35. The van der Waals surface area contributed by atoms with Gasteiger partial charge in [0.2, 0.25) is 0 Å². The first-order chi connectivity index (χ1) is 16.5. The maximum atomic E-state index is 11.9. The fourth-order valence-electron chi connectivity index (χ4n) is 2.51. The number of hydrogen-bond acceptors (Lipinski definition) is 10. The van der Waals surface area contributed by atoms with Gasteiger partial charge < -0.3 is 29.2 Å². The topological polar surface area (TPSA) is 160 Å². The van der Waals surface area contributed by atoms with Gasteiger partial charge in [0.15, 0.2) is 23.0 Å². The molecule has 0 spiro atoms. The van der Waals surface area contributed by atoms with Crippen molar-refractivity contribution in [3.63, 3.8) is 0 Å². The summed E-state index contributed by atoms with van der Waals surface area (Å²) in [5.41, 5.74) is 5.32. The SMILES string of the molecule is COc1cc(/C=N/NC(=O)C(=O)N/N=C/c2ccc(OC)c(OCCO)c2)ccc1OCCO. The molecule has 0 bridgehead atoms. The zero-order valence-electron chi connectivity index (χ0n) is 18.7. The summed E-state index contributed by atoms with van der Waals surface area (Å²) in [5, 5.41) is 25.2. The molecule has 0 heterocycles. The number of hydrazone groups is 2. The molecule has 12 heteroatoms. The molecule has 0 aliphatic heterocycles. The van der Waals surface area contributed by atoms with Crippen LogP contribution in [0.3, 0.4) is 0 Å². The largest absolute Gasteiger partial charge is 0.493 e. The molecule has 0 radical (unpaired) electrons. The lowest BCUT2D eigenvalue weighted by Gasteiger charge is -2.10. The van der Waals surface area contributed by atoms with Gasteiger partial charge in [-0.15, -0.1) is 0 Å². The second-order valence-corrected chi connectivity index (χ2v) is 6.36. The average molecular weight is 474 g/mol. The average Bonchev–Trinajstić information content (AvgIpc) is 2.86. The van der Waals surface area contributed by atoms with Crippen LogP contribution in [0.4, 0.5) is 0 Å². The molecule has 12 nitrogen and oxygen atoms in total. The molecule has 2 aromatic rings. The van der Waals surface area contributed by atoms with Crippen LogP contribution in [0.1, 0.15) is 11.1 Å². The first-order valence-electron chi connectivity index (χ1n) is 10.0. The van der Waals surface area contributed by atoms with E-state index in [1.165, 1.54) is 26.6 Å². The summed E-state index contributed by atoms with van der Waals surface area (Å²) < 4.78 is 21.1. The fourth-order valence-corrected chi connectivity index (χ4v) is 2.51. The molecule has 0 saturated heterocycles. The Kier molecular flexibility index (Phi) is 10.8. The van der Waals surface area contributed by atoms with Crippen LogP contribution in [-0.2, 0) is 9.59 Å². The number of nitrogens with zero attached hydrogens (tertiary/aromatic N) is 2. The van der Waals surface area contributed by atoms with Crippen molar-refractivity contribution in [3.05, 3.63) is 47.5 Å². The van der Waals surface area contributed by atoms with E-state index < -0.39 is 11.8 Å². The second-order valence-electron chi connectivity index (χ2n) is 6.36. The minimum Gasteiger partial charge on any atom is -0.493 e. The predicted octanol–water partition coefficient (Wildman–Crippen LogP) is 0.0464. The third-order valence-corrected chi connectivity index (χ3v) is 4.04. The molecule has 0 aliphatic rings. The first kappa shape index (κ1) is 26.1. The van der Waals surface area contributed by atoms with Gasteiger partial charge in [0, 0.05) is 0 Å². The Hall–Kier alpha value is -4.16. The number of ether oxygens (including phenoxy) is 4. The molecule has 0 aliphatic carbocycles. The normalized spacial score (nSPS) is 10.8. The number of carbonyl (C=O) groups excluding carboxylic acids is 2. The van der Waals surface area contributed by atoms with Crippen LogP contribution in [0.25, 0.3) is 0 Å². The number of nitrogens with one attached hydrogen (secondary N) is 2. The highest BCUT2D eigenvalue weighted by Crippen LogP contribution is 2.28. The Morgan fingerprint density at radius 3 is 1.74 bits per heavy atom. The third-order valence-electron chi connectivity index (χ3n) is 4.04. The molecule has 4 N–H and O–H groups in total. The van der Waals surface area contributed by atoms with E-state index in [0.29, 0.717) is 34.1 Å². The lowest BCUT2D eigenvalue weighted by atomic mass is 10.2. The molecule has 0 unspecified atom stereocenters. The number of hydrogen-bond donors (Lipinski definition) is 4. The first-order valence-corrected chi connectivity index (χ1v) is 10.0. The molecular weight excluding hydrogens is 448 g/mol. The summed E-state index contributed by atoms with van der Waals surface area (Å²) >= 11 is 0. The van der Waals surface area contributed by atoms with E-state index in [1.54, 1.807) is 36.4 Å². The lowest BCUT2D eigenvalue weighted by molar-refractivity contribution is -0.139. The zero-order chi connectivity index (χ0) is 24.8. The molecule has 0 fully saturated rings. The molecular formula is C22H26N4O8. The summed E-state index contributed by atoms with van der Waals surface area (Å²) in [6.07, 6.45) is 2.63. The number of methoxy groups -OCH3 is 2. The molecule has 2 rings (SSSR count). The van der Waals surface area contributed by atoms with Gasteiger partial charge in [-0.2, -0.15) is 10.2 Å². The monoisotopic (exact) mass is 474 g/mol. The lowest BCUT2D eigenvalue weighted by Crippen LogP contribution is -2.35. The van der Waals surface area contributed by atoms with Crippen molar-refractivity contribution < 1.29 is 38.7 Å². The van der Waals surface area contributed by atoms with Gasteiger partial charge in [0.05, 0.1) is 39.9 Å². The van der Waals surface area contributed by atoms with E-state index in [2.05, 4.69) is 21.1 Å². The van der Waals surface area contributed by atoms with Gasteiger partial charge in [-0.05, 0) is 47.5 Å². The smallest absolute Gasteiger partial charge is 0.331 e. The van der Waals surface area contributed by atoms with E-state index in [-0.39, 0.29) is 26.4 Å². The van der Waals surface area contributed by atoms with Crippen LogP contribution in [0, 0.1) is 0 Å². The second kappa shape index (κ2) is 14.1. The molecule has 0 aromatic heterocycles. The van der Waals surface area contributed by atoms with Gasteiger partial charge in [0.25, 0.3) is 0 Å². The van der Waals surface area contributed by atoms with E-state index in [4.69, 9.17) is 29.2 Å². The van der Waals surface area contributed by atoms with Crippen molar-refractivity contribution in [2.75, 3.05) is 40.6 Å². The number of amides is 2. The molecule has 0 saturated carbocycles. The number of benzene rings is 2. The van der Waals surface area contributed by atoms with Crippen LogP contribution >= 0.6 is 0 Å². The van der Waals surface area contributed by atoms with Gasteiger partial charge >= 0.3 is 11.8 Å². The minimum absolute atomic E-state index is 0.0861. The van der Waals surface area contributed by atoms with Gasteiger partial charge in [-0.25, -0.2) is 10.9 Å². The van der Waals surface area contributed by atoms with Gasteiger partial charge in [-0.3, -0.25) is 9.59 Å². The van der Waals surface area contributed by atoms with Gasteiger partial charge in [0.1, 0.15) is 13.2 Å². The third kappa shape index (κ3) is 8.07. The van der Waals surface area contributed by atoms with Crippen molar-refractivity contribution in [2.24, 2.45) is 10.2 Å². The molecule has 0 atom stereocenters. The molecule has 34 heavy (non-hydrogen) atoms. The van der Waals surface area contributed by atoms with Gasteiger partial charge in [-0.1, -0.05) is 0 Å². The predicted molar refractivity (Wildman–Crippen MR) is 123 cm³/mol. The number of aliphatic hydroxyl groups excluding tert-OH is 2. The van der Waals surface area contributed by atoms with Crippen LogP contribution in [0.5, 0.6) is 23.0 Å². The van der Waals surface area contributed by atoms with Crippen molar-refractivity contribution in [1.29, 1.82) is 0 Å². The number of carbonyl (C=O) groups is 2. The van der Waals surface area contributed by atoms with Crippen molar-refractivity contribution >= 4 is 24.2 Å². The zero-order valence-corrected chi connectivity index (χ0v) is 18.7.